The minimum Gasteiger partial charge on any atom is -0.480 e. The lowest BCUT2D eigenvalue weighted by atomic mass is 10.1. The fourth-order valence-corrected chi connectivity index (χ4v) is 3.49. The van der Waals surface area contributed by atoms with Crippen molar-refractivity contribution in [1.82, 2.24) is 24.9 Å². The van der Waals surface area contributed by atoms with Crippen LogP contribution in [-0.4, -0.2) is 64.1 Å². The molecule has 3 aromatic rings. The van der Waals surface area contributed by atoms with Gasteiger partial charge in [0, 0.05) is 44.2 Å². The number of piperazine rings is 1. The standard InChI is InChI=1S/C20H22N6O3/c1-3-26-19(27)15-7-5-4-6-14(15)18(23-26)20(28)25-12-10-24(11-13-25)16-8-9-17(29-2)22-21-16/h4-9H,3,10-13H2,1-2H3. The molecule has 150 valence electrons. The first-order chi connectivity index (χ1) is 14.1. The van der Waals surface area contributed by atoms with E-state index in [0.717, 1.165) is 5.82 Å². The molecule has 0 saturated carbocycles. The maximum Gasteiger partial charge on any atom is 0.275 e. The summed E-state index contributed by atoms with van der Waals surface area (Å²) in [5.41, 5.74) is 0.141. The van der Waals surface area contributed by atoms with Gasteiger partial charge in [0.1, 0.15) is 0 Å². The van der Waals surface area contributed by atoms with E-state index in [1.807, 2.05) is 19.1 Å². The van der Waals surface area contributed by atoms with Crippen LogP contribution in [0.1, 0.15) is 17.4 Å². The van der Waals surface area contributed by atoms with Crippen molar-refractivity contribution >= 4 is 22.5 Å². The number of nitrogens with zero attached hydrogens (tertiary/aromatic N) is 6. The van der Waals surface area contributed by atoms with E-state index >= 15 is 0 Å². The topological polar surface area (TPSA) is 93.5 Å². The molecular formula is C20H22N6O3. The van der Waals surface area contributed by atoms with Crippen molar-refractivity contribution < 1.29 is 9.53 Å². The van der Waals surface area contributed by atoms with Gasteiger partial charge in [-0.3, -0.25) is 9.59 Å². The molecule has 0 atom stereocenters. The van der Waals surface area contributed by atoms with Gasteiger partial charge in [-0.25, -0.2) is 4.68 Å². The molecule has 0 spiro atoms. The zero-order chi connectivity index (χ0) is 20.4. The molecule has 3 heterocycles. The predicted octanol–water partition coefficient (Wildman–Crippen LogP) is 1.18. The monoisotopic (exact) mass is 394 g/mol. The molecule has 1 aliphatic rings. The van der Waals surface area contributed by atoms with Crippen molar-refractivity contribution in [2.45, 2.75) is 13.5 Å². The lowest BCUT2D eigenvalue weighted by Crippen LogP contribution is -2.49. The minimum absolute atomic E-state index is 0.163. The van der Waals surface area contributed by atoms with Crippen molar-refractivity contribution in [2.24, 2.45) is 0 Å². The Morgan fingerprint density at radius 1 is 1.03 bits per heavy atom. The minimum atomic E-state index is -0.178. The van der Waals surface area contributed by atoms with Gasteiger partial charge < -0.3 is 14.5 Å². The highest BCUT2D eigenvalue weighted by Crippen LogP contribution is 2.19. The number of carbonyl (C=O) groups is 1. The Balaban J connectivity index is 1.55. The smallest absolute Gasteiger partial charge is 0.275 e. The van der Waals surface area contributed by atoms with Gasteiger partial charge in [0.25, 0.3) is 11.5 Å². The van der Waals surface area contributed by atoms with Crippen molar-refractivity contribution in [3.8, 4) is 5.88 Å². The fourth-order valence-electron chi connectivity index (χ4n) is 3.49. The summed E-state index contributed by atoms with van der Waals surface area (Å²) >= 11 is 0. The first kappa shape index (κ1) is 18.9. The second-order valence-corrected chi connectivity index (χ2v) is 6.73. The summed E-state index contributed by atoms with van der Waals surface area (Å²) in [5, 5.41) is 13.6. The number of aromatic nitrogens is 4. The molecule has 1 amide bonds. The van der Waals surface area contributed by atoms with E-state index in [4.69, 9.17) is 4.74 Å². The van der Waals surface area contributed by atoms with Crippen molar-refractivity contribution in [3.05, 3.63) is 52.4 Å². The number of anilines is 1. The van der Waals surface area contributed by atoms with Crippen LogP contribution >= 0.6 is 0 Å². The molecule has 0 unspecified atom stereocenters. The summed E-state index contributed by atoms with van der Waals surface area (Å²) in [5.74, 6) is 1.05. The summed E-state index contributed by atoms with van der Waals surface area (Å²) in [6, 6.07) is 10.8. The Kier molecular flexibility index (Phi) is 5.11. The summed E-state index contributed by atoms with van der Waals surface area (Å²) in [6.07, 6.45) is 0. The predicted molar refractivity (Wildman–Crippen MR) is 108 cm³/mol. The molecular weight excluding hydrogens is 372 g/mol. The third-order valence-electron chi connectivity index (χ3n) is 5.10. The van der Waals surface area contributed by atoms with E-state index in [1.165, 1.54) is 4.68 Å². The van der Waals surface area contributed by atoms with Crippen LogP contribution in [0.4, 0.5) is 5.82 Å². The van der Waals surface area contributed by atoms with Crippen LogP contribution in [0, 0.1) is 0 Å². The Morgan fingerprint density at radius 3 is 2.38 bits per heavy atom. The van der Waals surface area contributed by atoms with Crippen LogP contribution < -0.4 is 15.2 Å². The molecule has 4 rings (SSSR count). The molecule has 0 aliphatic carbocycles. The molecule has 9 nitrogen and oxygen atoms in total. The zero-order valence-corrected chi connectivity index (χ0v) is 16.4. The van der Waals surface area contributed by atoms with Gasteiger partial charge >= 0.3 is 0 Å². The van der Waals surface area contributed by atoms with Gasteiger partial charge in [0.05, 0.1) is 12.5 Å². The number of ether oxygens (including phenoxy) is 1. The average molecular weight is 394 g/mol. The number of hydrogen-bond donors (Lipinski definition) is 0. The van der Waals surface area contributed by atoms with Gasteiger partial charge in [-0.05, 0) is 19.1 Å². The van der Waals surface area contributed by atoms with E-state index in [1.54, 1.807) is 36.3 Å². The number of rotatable bonds is 4. The number of carbonyl (C=O) groups excluding carboxylic acids is 1. The lowest BCUT2D eigenvalue weighted by Gasteiger charge is -2.35. The molecule has 1 saturated heterocycles. The number of benzene rings is 1. The number of amides is 1. The van der Waals surface area contributed by atoms with Crippen LogP contribution in [0.15, 0.2) is 41.2 Å². The van der Waals surface area contributed by atoms with Crippen molar-refractivity contribution in [1.29, 1.82) is 0 Å². The van der Waals surface area contributed by atoms with Gasteiger partial charge in [0.15, 0.2) is 11.5 Å². The van der Waals surface area contributed by atoms with Crippen LogP contribution in [0.5, 0.6) is 5.88 Å². The van der Waals surface area contributed by atoms with E-state index in [2.05, 4.69) is 20.2 Å². The van der Waals surface area contributed by atoms with Gasteiger partial charge in [-0.15, -0.1) is 10.2 Å². The number of aryl methyl sites for hydroxylation is 1. The third kappa shape index (κ3) is 3.51. The summed E-state index contributed by atoms with van der Waals surface area (Å²) in [4.78, 5) is 29.6. The Morgan fingerprint density at radius 2 is 1.76 bits per heavy atom. The third-order valence-corrected chi connectivity index (χ3v) is 5.10. The maximum atomic E-state index is 13.2. The maximum absolute atomic E-state index is 13.2. The van der Waals surface area contributed by atoms with Crippen LogP contribution in [0.3, 0.4) is 0 Å². The second kappa shape index (κ2) is 7.86. The number of fused-ring (bicyclic) bond motifs is 1. The Labute approximate surface area is 167 Å². The fraction of sp³-hybridized carbons (Fsp3) is 0.350. The van der Waals surface area contributed by atoms with Gasteiger partial charge in [-0.1, -0.05) is 18.2 Å². The van der Waals surface area contributed by atoms with Crippen LogP contribution in [0.2, 0.25) is 0 Å². The SMILES string of the molecule is CCn1nc(C(=O)N2CCN(c3ccc(OC)nn3)CC2)c2ccccc2c1=O. The highest BCUT2D eigenvalue weighted by atomic mass is 16.5. The molecule has 0 N–H and O–H groups in total. The van der Waals surface area contributed by atoms with Gasteiger partial charge in [0.2, 0.25) is 5.88 Å². The van der Waals surface area contributed by atoms with Crippen LogP contribution in [-0.2, 0) is 6.54 Å². The van der Waals surface area contributed by atoms with E-state index in [-0.39, 0.29) is 11.5 Å². The molecule has 1 aromatic carbocycles. The molecule has 0 radical (unpaired) electrons. The first-order valence-corrected chi connectivity index (χ1v) is 9.54. The molecule has 1 aliphatic heterocycles. The van der Waals surface area contributed by atoms with Crippen molar-refractivity contribution in [3.63, 3.8) is 0 Å². The lowest BCUT2D eigenvalue weighted by molar-refractivity contribution is 0.0740. The number of hydrogen-bond acceptors (Lipinski definition) is 7. The highest BCUT2D eigenvalue weighted by molar-refractivity contribution is 6.04. The number of methoxy groups -OCH3 is 1. The summed E-state index contributed by atoms with van der Waals surface area (Å²) in [6.45, 7) is 4.59. The Hall–Kier alpha value is -3.49. The molecule has 29 heavy (non-hydrogen) atoms. The van der Waals surface area contributed by atoms with Crippen LogP contribution in [0.25, 0.3) is 10.8 Å². The van der Waals surface area contributed by atoms with E-state index < -0.39 is 0 Å². The molecule has 9 heteroatoms. The zero-order valence-electron chi connectivity index (χ0n) is 16.4. The molecule has 0 bridgehead atoms. The summed E-state index contributed by atoms with van der Waals surface area (Å²) in [7, 11) is 1.55. The van der Waals surface area contributed by atoms with E-state index in [9.17, 15) is 9.59 Å². The average Bonchev–Trinajstić information content (AvgIpc) is 2.79. The van der Waals surface area contributed by atoms with E-state index in [0.29, 0.717) is 55.1 Å². The normalized spacial score (nSPS) is 14.3. The quantitative estimate of drug-likeness (QED) is 0.656. The first-order valence-electron chi connectivity index (χ1n) is 9.54. The molecule has 1 fully saturated rings. The van der Waals surface area contributed by atoms with Crippen molar-refractivity contribution in [2.75, 3.05) is 38.2 Å². The second-order valence-electron chi connectivity index (χ2n) is 6.73. The Bertz CT molecular complexity index is 1090. The largest absolute Gasteiger partial charge is 0.480 e. The highest BCUT2D eigenvalue weighted by Gasteiger charge is 2.26. The summed E-state index contributed by atoms with van der Waals surface area (Å²) < 4.78 is 6.39. The van der Waals surface area contributed by atoms with Gasteiger partial charge in [-0.2, -0.15) is 5.10 Å². The molecule has 2 aromatic heterocycles.